The fourth-order valence-corrected chi connectivity index (χ4v) is 13.8. The minimum absolute atomic E-state index is 0.180. The molecule has 0 saturated carbocycles. The monoisotopic (exact) mass is 924 g/mol. The van der Waals surface area contributed by atoms with Crippen LogP contribution in [0.5, 0.6) is 0 Å². The molecule has 332 valence electrons. The van der Waals surface area contributed by atoms with Gasteiger partial charge < -0.3 is 0 Å². The average molecular weight is 925 g/mol. The molecule has 1 aliphatic rings. The first-order chi connectivity index (χ1) is 35.4. The molecule has 4 heteroatoms. The molecule has 0 N–H and O–H groups in total. The summed E-state index contributed by atoms with van der Waals surface area (Å²) in [6.07, 6.45) is 0. The number of benzene rings is 14. The molecule has 72 heavy (non-hydrogen) atoms. The molecule has 17 rings (SSSR count). The summed E-state index contributed by atoms with van der Waals surface area (Å²) >= 11 is 0. The van der Waals surface area contributed by atoms with Gasteiger partial charge in [0.25, 0.3) is 0 Å². The average Bonchev–Trinajstić information content (AvgIpc) is 4.05. The van der Waals surface area contributed by atoms with Crippen molar-refractivity contribution >= 4 is 118 Å². The Morgan fingerprint density at radius 1 is 0.194 bits per heavy atom. The van der Waals surface area contributed by atoms with Gasteiger partial charge in [0, 0.05) is 11.1 Å². The molecule has 0 saturated heterocycles. The van der Waals surface area contributed by atoms with Gasteiger partial charge in [-0.25, -0.2) is 17.6 Å². The second-order valence-corrected chi connectivity index (χ2v) is 19.7. The molecule has 0 radical (unpaired) electrons. The van der Waals surface area contributed by atoms with Crippen molar-refractivity contribution in [1.29, 1.82) is 0 Å². The maximum absolute atomic E-state index is 16.6. The summed E-state index contributed by atoms with van der Waals surface area (Å²) in [5, 5.41) is 23.6. The first-order valence-electron chi connectivity index (χ1n) is 24.4. The van der Waals surface area contributed by atoms with E-state index in [-0.39, 0.29) is 11.1 Å². The van der Waals surface area contributed by atoms with Crippen LogP contribution in [0, 0.1) is 23.3 Å². The largest absolute Gasteiger partial charge is 0.206 e. The van der Waals surface area contributed by atoms with Crippen molar-refractivity contribution in [3.8, 4) is 55.6 Å². The van der Waals surface area contributed by atoms with Gasteiger partial charge in [-0.05, 0) is 188 Å². The first kappa shape index (κ1) is 38.7. The third kappa shape index (κ3) is 4.56. The topological polar surface area (TPSA) is 0 Å². The third-order valence-corrected chi connectivity index (χ3v) is 16.5. The van der Waals surface area contributed by atoms with Crippen molar-refractivity contribution < 1.29 is 17.6 Å². The van der Waals surface area contributed by atoms with E-state index in [4.69, 9.17) is 0 Å². The van der Waals surface area contributed by atoms with Crippen LogP contribution in [0.1, 0.15) is 0 Å². The predicted octanol–water partition coefficient (Wildman–Crippen LogP) is 19.9. The zero-order valence-corrected chi connectivity index (χ0v) is 38.0. The van der Waals surface area contributed by atoms with Crippen molar-refractivity contribution in [3.63, 3.8) is 0 Å². The Bertz CT molecular complexity index is 4920. The highest BCUT2D eigenvalue weighted by Gasteiger charge is 2.36. The van der Waals surface area contributed by atoms with Gasteiger partial charge in [-0.1, -0.05) is 158 Å². The van der Waals surface area contributed by atoms with Crippen molar-refractivity contribution in [1.82, 2.24) is 0 Å². The maximum Gasteiger partial charge on any atom is 0.134 e. The molecule has 0 spiro atoms. The van der Waals surface area contributed by atoms with Crippen LogP contribution >= 0.6 is 0 Å². The standard InChI is InChI=1S/C68H32F4/c69-50-19-9-20-51(70)67(50)65-48-31-34-13-4-5-14-35(34)32-49(48)66(68-52(71)21-10-22-53(68)72)64-47-30-26-42-40-24-28-45-58-44(27-23-39(55(40)58)41-25-29-46(63(64)65)59(47)56(41)42)61-54(33-11-2-1-3-12-33)43-18-8-17-37-36-15-6-7-16-38(36)60(57(37)43)62(45)61/h1-32H. The van der Waals surface area contributed by atoms with E-state index in [2.05, 4.69) is 121 Å². The molecular formula is C68H32F4. The van der Waals surface area contributed by atoms with Crippen LogP contribution in [0.2, 0.25) is 0 Å². The summed E-state index contributed by atoms with van der Waals surface area (Å²) in [4.78, 5) is 0. The van der Waals surface area contributed by atoms with Gasteiger partial charge in [-0.2, -0.15) is 0 Å². The zero-order valence-electron chi connectivity index (χ0n) is 38.0. The Morgan fingerprint density at radius 3 is 1.15 bits per heavy atom. The van der Waals surface area contributed by atoms with Gasteiger partial charge >= 0.3 is 0 Å². The van der Waals surface area contributed by atoms with Crippen molar-refractivity contribution in [2.45, 2.75) is 0 Å². The fourth-order valence-electron chi connectivity index (χ4n) is 13.8. The Morgan fingerprint density at radius 2 is 0.569 bits per heavy atom. The lowest BCUT2D eigenvalue weighted by Gasteiger charge is -2.22. The van der Waals surface area contributed by atoms with Gasteiger partial charge in [0.05, 0.1) is 11.1 Å². The summed E-state index contributed by atoms with van der Waals surface area (Å²) in [7, 11) is 0. The van der Waals surface area contributed by atoms with Gasteiger partial charge in [-0.15, -0.1) is 0 Å². The van der Waals surface area contributed by atoms with Gasteiger partial charge in [0.1, 0.15) is 23.3 Å². The smallest absolute Gasteiger partial charge is 0.134 e. The van der Waals surface area contributed by atoms with E-state index in [0.717, 1.165) is 54.2 Å². The summed E-state index contributed by atoms with van der Waals surface area (Å²) in [6, 6.07) is 63.3. The highest BCUT2D eigenvalue weighted by molar-refractivity contribution is 6.51. The lowest BCUT2D eigenvalue weighted by atomic mass is 9.81. The van der Waals surface area contributed by atoms with Crippen LogP contribution in [0.3, 0.4) is 0 Å². The molecule has 0 aliphatic heterocycles. The van der Waals surface area contributed by atoms with Crippen molar-refractivity contribution in [2.24, 2.45) is 0 Å². The molecule has 0 unspecified atom stereocenters. The van der Waals surface area contributed by atoms with Crippen molar-refractivity contribution in [3.05, 3.63) is 217 Å². The van der Waals surface area contributed by atoms with Crippen LogP contribution < -0.4 is 0 Å². The fraction of sp³-hybridized carbons (Fsp3) is 0. The van der Waals surface area contributed by atoms with Crippen LogP contribution in [0.4, 0.5) is 17.6 Å². The molecule has 0 atom stereocenters. The summed E-state index contributed by atoms with van der Waals surface area (Å²) in [6.45, 7) is 0. The summed E-state index contributed by atoms with van der Waals surface area (Å²) < 4.78 is 66.6. The maximum atomic E-state index is 16.6. The van der Waals surface area contributed by atoms with Crippen LogP contribution in [0.15, 0.2) is 194 Å². The highest BCUT2D eigenvalue weighted by atomic mass is 19.1. The van der Waals surface area contributed by atoms with E-state index in [1.54, 1.807) is 0 Å². The Labute approximate surface area is 407 Å². The summed E-state index contributed by atoms with van der Waals surface area (Å²) in [5.41, 5.74) is 5.35. The zero-order chi connectivity index (χ0) is 47.4. The van der Waals surface area contributed by atoms with E-state index >= 15 is 17.6 Å². The first-order valence-corrected chi connectivity index (χ1v) is 24.4. The van der Waals surface area contributed by atoms with E-state index < -0.39 is 23.3 Å². The summed E-state index contributed by atoms with van der Waals surface area (Å²) in [5.74, 6) is -2.88. The Hall–Kier alpha value is -9.12. The quantitative estimate of drug-likeness (QED) is 0.0941. The van der Waals surface area contributed by atoms with E-state index in [9.17, 15) is 0 Å². The number of hydrogen-bond acceptors (Lipinski definition) is 0. The minimum Gasteiger partial charge on any atom is -0.206 e. The Kier molecular flexibility index (Phi) is 7.20. The normalized spacial score (nSPS) is 12.7. The van der Waals surface area contributed by atoms with Crippen LogP contribution in [0.25, 0.3) is 174 Å². The van der Waals surface area contributed by atoms with Gasteiger partial charge in [-0.3, -0.25) is 0 Å². The van der Waals surface area contributed by atoms with Gasteiger partial charge in [0.2, 0.25) is 0 Å². The van der Waals surface area contributed by atoms with E-state index in [0.29, 0.717) is 33.0 Å². The lowest BCUT2D eigenvalue weighted by molar-refractivity contribution is 0.589. The second kappa shape index (κ2) is 13.4. The molecule has 1 aliphatic carbocycles. The van der Waals surface area contributed by atoms with Crippen molar-refractivity contribution in [2.75, 3.05) is 0 Å². The SMILES string of the molecule is Fc1cccc(F)c1-c1c2c(c(-c3c(F)cccc3F)c3cc4ccccc4cc13)-c1ccc3c4ccc5c6c(ccc(c7ccc-2c1c73)c46)c1c(-c2ccccc2)c2cccc3c4ccccc4c(c23)c51. The molecule has 0 bridgehead atoms. The predicted molar refractivity (Wildman–Crippen MR) is 293 cm³/mol. The molecule has 16 aromatic carbocycles. The minimum atomic E-state index is -0.720. The molecule has 16 aromatic rings. The molecule has 0 aromatic heterocycles. The van der Waals surface area contributed by atoms with Gasteiger partial charge in [0.15, 0.2) is 0 Å². The number of hydrogen-bond donors (Lipinski definition) is 0. The van der Waals surface area contributed by atoms with E-state index in [1.165, 1.54) is 112 Å². The number of halogens is 4. The van der Waals surface area contributed by atoms with Crippen LogP contribution in [-0.2, 0) is 0 Å². The second-order valence-electron chi connectivity index (χ2n) is 19.7. The van der Waals surface area contributed by atoms with Crippen LogP contribution in [-0.4, -0.2) is 0 Å². The molecule has 0 heterocycles. The molecule has 0 nitrogen and oxygen atoms in total. The Balaban J connectivity index is 1.06. The molecular weight excluding hydrogens is 893 g/mol. The third-order valence-electron chi connectivity index (χ3n) is 16.5. The number of rotatable bonds is 3. The highest BCUT2D eigenvalue weighted by Crippen LogP contribution is 2.62. The number of fused-ring (bicyclic) bond motifs is 14. The van der Waals surface area contributed by atoms with E-state index in [1.807, 2.05) is 36.4 Å². The lowest BCUT2D eigenvalue weighted by Crippen LogP contribution is -1.99. The molecule has 0 amide bonds. The molecule has 0 fully saturated rings.